The summed E-state index contributed by atoms with van der Waals surface area (Å²) in [5, 5.41) is 0. The Morgan fingerprint density at radius 2 is 2.11 bits per heavy atom. The van der Waals surface area contributed by atoms with E-state index in [1.807, 2.05) is 20.0 Å². The third-order valence-electron chi connectivity index (χ3n) is 1.15. The topological polar surface area (TPSA) is 46.5 Å². The van der Waals surface area contributed by atoms with Crippen LogP contribution in [0.15, 0.2) is 0 Å². The molecular weight excluding hydrogens is 156 g/mol. The fourth-order valence-corrected chi connectivity index (χ4v) is 2.27. The molecule has 0 spiro atoms. The maximum Gasteiger partial charge on any atom is 0.291 e. The molecule has 5 heteroatoms. The van der Waals surface area contributed by atoms with E-state index < -0.39 is 19.7 Å². The van der Waals surface area contributed by atoms with Crippen LogP contribution in [0.1, 0.15) is 6.92 Å². The van der Waals surface area contributed by atoms with Crippen LogP contribution >= 0.6 is 0 Å². The predicted octanol–water partition coefficient (Wildman–Crippen LogP) is 1.36. The highest BCUT2D eigenvalue weighted by Crippen LogP contribution is 2.10. The Bertz CT molecular complexity index is 114. The van der Waals surface area contributed by atoms with Gasteiger partial charge in [0.2, 0.25) is 8.32 Å². The van der Waals surface area contributed by atoms with Crippen molar-refractivity contribution in [2.45, 2.75) is 26.1 Å². The van der Waals surface area contributed by atoms with Crippen LogP contribution in [0.5, 0.6) is 0 Å². The second kappa shape index (κ2) is 3.45. The lowest BCUT2D eigenvalue weighted by Gasteiger charge is -2.15. The molecular formula is C4H12O3SSi. The molecule has 0 saturated heterocycles. The van der Waals surface area contributed by atoms with E-state index in [1.165, 1.54) is 0 Å². The van der Waals surface area contributed by atoms with Crippen LogP contribution in [0.2, 0.25) is 19.1 Å². The molecule has 9 heavy (non-hydrogen) atoms. The zero-order valence-electron chi connectivity index (χ0n) is 5.88. The molecule has 1 atom stereocenters. The lowest BCUT2D eigenvalue weighted by molar-refractivity contribution is 0.454. The van der Waals surface area contributed by atoms with E-state index >= 15 is 0 Å². The quantitative estimate of drug-likeness (QED) is 0.511. The van der Waals surface area contributed by atoms with Crippen LogP contribution in [0, 0.1) is 0 Å². The Kier molecular flexibility index (Phi) is 3.56. The second-order valence-corrected chi connectivity index (χ2v) is 7.74. The summed E-state index contributed by atoms with van der Waals surface area (Å²) < 4.78 is 23.2. The fraction of sp³-hybridized carbons (Fsp3) is 1.00. The van der Waals surface area contributed by atoms with E-state index in [2.05, 4.69) is 0 Å². The third-order valence-corrected chi connectivity index (χ3v) is 5.23. The van der Waals surface area contributed by atoms with Gasteiger partial charge in [0.25, 0.3) is 11.4 Å². The van der Waals surface area contributed by atoms with E-state index in [9.17, 15) is 4.21 Å². The van der Waals surface area contributed by atoms with E-state index in [1.54, 1.807) is 0 Å². The van der Waals surface area contributed by atoms with Gasteiger partial charge in [-0.1, -0.05) is 6.92 Å². The zero-order chi connectivity index (χ0) is 7.49. The summed E-state index contributed by atoms with van der Waals surface area (Å²) in [4.78, 5) is 0. The summed E-state index contributed by atoms with van der Waals surface area (Å²) in [6.45, 7) is 5.77. The second-order valence-electron chi connectivity index (χ2n) is 2.41. The van der Waals surface area contributed by atoms with Gasteiger partial charge in [-0.05, 0) is 19.1 Å². The largest absolute Gasteiger partial charge is 0.314 e. The first-order valence-corrected chi connectivity index (χ1v) is 6.93. The number of hydrogen-bond acceptors (Lipinski definition) is 2. The highest BCUT2D eigenvalue weighted by atomic mass is 32.2. The molecule has 0 aromatic heterocycles. The Labute approximate surface area is 59.0 Å². The van der Waals surface area contributed by atoms with Crippen molar-refractivity contribution in [2.24, 2.45) is 0 Å². The van der Waals surface area contributed by atoms with Crippen molar-refractivity contribution in [2.75, 3.05) is 0 Å². The fourth-order valence-electron chi connectivity index (χ4n) is 0.252. The maximum atomic E-state index is 10.1. The van der Waals surface area contributed by atoms with Gasteiger partial charge in [0, 0.05) is 0 Å². The van der Waals surface area contributed by atoms with E-state index in [-0.39, 0.29) is 0 Å². The van der Waals surface area contributed by atoms with Crippen LogP contribution in [-0.2, 0) is 15.2 Å². The molecule has 56 valence electrons. The molecule has 0 bridgehead atoms. The molecule has 0 rings (SSSR count). The van der Waals surface area contributed by atoms with Crippen LogP contribution in [0.25, 0.3) is 0 Å². The first-order chi connectivity index (χ1) is 3.98. The molecule has 0 amide bonds. The van der Waals surface area contributed by atoms with Gasteiger partial charge in [0.05, 0.1) is 0 Å². The summed E-state index contributed by atoms with van der Waals surface area (Å²) in [5.74, 6) is 0. The molecule has 1 unspecified atom stereocenters. The molecule has 3 nitrogen and oxygen atoms in total. The molecule has 0 aliphatic heterocycles. The summed E-state index contributed by atoms with van der Waals surface area (Å²) >= 11 is -2.07. The molecule has 0 aliphatic carbocycles. The average Bonchev–Trinajstić information content (AvgIpc) is 1.63. The highest BCUT2D eigenvalue weighted by Gasteiger charge is 2.22. The van der Waals surface area contributed by atoms with Crippen molar-refractivity contribution in [3.63, 3.8) is 0 Å². The van der Waals surface area contributed by atoms with Gasteiger partial charge in [0.1, 0.15) is 0 Å². The minimum absolute atomic E-state index is 0.860. The summed E-state index contributed by atoms with van der Waals surface area (Å²) in [6.07, 6.45) is 0. The predicted molar refractivity (Wildman–Crippen MR) is 39.8 cm³/mol. The van der Waals surface area contributed by atoms with Crippen LogP contribution in [-0.4, -0.2) is 17.1 Å². The summed E-state index contributed by atoms with van der Waals surface area (Å²) in [6, 6.07) is 0.860. The number of hydrogen-bond donors (Lipinski definition) is 1. The van der Waals surface area contributed by atoms with Crippen molar-refractivity contribution in [1.82, 2.24) is 0 Å². The molecule has 0 fully saturated rings. The van der Waals surface area contributed by atoms with Gasteiger partial charge in [-0.2, -0.15) is 4.21 Å². The Hall–Kier alpha value is 0.287. The normalized spacial score (nSPS) is 15.6. The minimum atomic E-state index is -2.07. The van der Waals surface area contributed by atoms with E-state index in [4.69, 9.17) is 8.42 Å². The van der Waals surface area contributed by atoms with Crippen molar-refractivity contribution < 1.29 is 12.6 Å². The molecule has 0 heterocycles. The monoisotopic (exact) mass is 168 g/mol. The lowest BCUT2D eigenvalue weighted by Crippen LogP contribution is -2.29. The third kappa shape index (κ3) is 4.77. The molecule has 0 radical (unpaired) electrons. The minimum Gasteiger partial charge on any atom is -0.314 e. The molecule has 0 aromatic carbocycles. The van der Waals surface area contributed by atoms with Crippen LogP contribution in [0.3, 0.4) is 0 Å². The Morgan fingerprint density at radius 1 is 1.67 bits per heavy atom. The van der Waals surface area contributed by atoms with Gasteiger partial charge in [-0.15, -0.1) is 0 Å². The molecule has 0 saturated carbocycles. The number of rotatable bonds is 3. The van der Waals surface area contributed by atoms with Crippen molar-refractivity contribution in [1.29, 1.82) is 0 Å². The first-order valence-electron chi connectivity index (χ1n) is 2.78. The van der Waals surface area contributed by atoms with Gasteiger partial charge in [0.15, 0.2) is 0 Å². The van der Waals surface area contributed by atoms with Gasteiger partial charge in [-0.3, -0.25) is 4.55 Å². The molecule has 0 aliphatic rings. The summed E-state index contributed by atoms with van der Waals surface area (Å²) in [7, 11) is -1.79. The van der Waals surface area contributed by atoms with Crippen molar-refractivity contribution in [3.8, 4) is 0 Å². The van der Waals surface area contributed by atoms with E-state index in [0.717, 1.165) is 6.04 Å². The van der Waals surface area contributed by atoms with Gasteiger partial charge >= 0.3 is 0 Å². The molecule has 0 aromatic rings. The Morgan fingerprint density at radius 3 is 2.22 bits per heavy atom. The SMILES string of the molecule is CC[Si](C)(C)OS(=O)O. The van der Waals surface area contributed by atoms with Crippen molar-refractivity contribution in [3.05, 3.63) is 0 Å². The first kappa shape index (κ1) is 9.29. The van der Waals surface area contributed by atoms with E-state index in [0.29, 0.717) is 0 Å². The van der Waals surface area contributed by atoms with Crippen molar-refractivity contribution >= 4 is 19.7 Å². The highest BCUT2D eigenvalue weighted by molar-refractivity contribution is 7.75. The average molecular weight is 168 g/mol. The zero-order valence-corrected chi connectivity index (χ0v) is 7.70. The lowest BCUT2D eigenvalue weighted by atomic mass is 11.0. The summed E-state index contributed by atoms with van der Waals surface area (Å²) in [5.41, 5.74) is 0. The maximum absolute atomic E-state index is 10.1. The molecule has 1 N–H and O–H groups in total. The van der Waals surface area contributed by atoms with Crippen LogP contribution in [0.4, 0.5) is 0 Å². The Balaban J connectivity index is 3.71. The standard InChI is InChI=1S/C4H12O3SSi/c1-4-9(2,3)7-8(5)6/h4H2,1-3H3,(H,5,6). The van der Waals surface area contributed by atoms with Gasteiger partial charge < -0.3 is 3.87 Å². The smallest absolute Gasteiger partial charge is 0.291 e. The van der Waals surface area contributed by atoms with Gasteiger partial charge in [-0.25, -0.2) is 0 Å². The van der Waals surface area contributed by atoms with Crippen LogP contribution < -0.4 is 0 Å².